The molecule has 1 fully saturated rings. The minimum absolute atomic E-state index is 0.158. The van der Waals surface area contributed by atoms with Crippen molar-refractivity contribution in [2.24, 2.45) is 0 Å². The summed E-state index contributed by atoms with van der Waals surface area (Å²) in [5.41, 5.74) is 0. The van der Waals surface area contributed by atoms with Gasteiger partial charge in [0.05, 0.1) is 6.61 Å². The van der Waals surface area contributed by atoms with Crippen LogP contribution >= 0.6 is 0 Å². The molecule has 1 saturated heterocycles. The zero-order chi connectivity index (χ0) is 43.4. The van der Waals surface area contributed by atoms with Gasteiger partial charge in [0.25, 0.3) is 10.1 Å². The van der Waals surface area contributed by atoms with E-state index < -0.39 is 71.2 Å². The lowest BCUT2D eigenvalue weighted by atomic mass is 10.00. The number of carbonyl (C=O) groups excluding carboxylic acids is 2. The van der Waals surface area contributed by atoms with E-state index in [-0.39, 0.29) is 19.4 Å². The van der Waals surface area contributed by atoms with Gasteiger partial charge in [-0.3, -0.25) is 14.1 Å². The van der Waals surface area contributed by atoms with Crippen molar-refractivity contribution in [3.63, 3.8) is 0 Å². The van der Waals surface area contributed by atoms with Crippen LogP contribution in [-0.4, -0.2) is 96.0 Å². The van der Waals surface area contributed by atoms with Gasteiger partial charge in [-0.15, -0.1) is 0 Å². The van der Waals surface area contributed by atoms with E-state index in [0.29, 0.717) is 12.8 Å². The van der Waals surface area contributed by atoms with Gasteiger partial charge in [0.2, 0.25) is 0 Å². The van der Waals surface area contributed by atoms with Crippen molar-refractivity contribution in [2.75, 3.05) is 19.0 Å². The molecular weight excluding hydrogens is 777 g/mol. The second-order valence-corrected chi connectivity index (χ2v) is 18.3. The Morgan fingerprint density at radius 2 is 0.966 bits per heavy atom. The normalized spacial score (nSPS) is 20.3. The van der Waals surface area contributed by atoms with E-state index in [4.69, 9.17) is 18.9 Å². The molecule has 0 radical (unpaired) electrons. The third kappa shape index (κ3) is 31.8. The van der Waals surface area contributed by atoms with Gasteiger partial charge in [0.1, 0.15) is 36.8 Å². The zero-order valence-corrected chi connectivity index (χ0v) is 37.9. The summed E-state index contributed by atoms with van der Waals surface area (Å²) in [4.78, 5) is 25.4. The lowest BCUT2D eigenvalue weighted by Crippen LogP contribution is -2.60. The molecule has 4 N–H and O–H groups in total. The SMILES string of the molecule is CCCCCCCC/C=C/CCCCCCCC(=O)O[C@H](COC(=O)CCCCCCCCCCCCCCCCCC)CO[C@H]1O[C@H](CS(=O)(=O)O)[C@@H](O)C(O)C1O. The predicted molar refractivity (Wildman–Crippen MR) is 234 cm³/mol. The first-order chi connectivity index (χ1) is 28.5. The Bertz CT molecular complexity index is 1150. The molecule has 0 bridgehead atoms. The summed E-state index contributed by atoms with van der Waals surface area (Å²) in [5, 5.41) is 30.9. The molecule has 6 atom stereocenters. The number of esters is 2. The predicted octanol–water partition coefficient (Wildman–Crippen LogP) is 9.84. The van der Waals surface area contributed by atoms with Crippen molar-refractivity contribution in [2.45, 2.75) is 250 Å². The highest BCUT2D eigenvalue weighted by atomic mass is 32.2. The van der Waals surface area contributed by atoms with E-state index >= 15 is 0 Å². The minimum atomic E-state index is -4.60. The Hall–Kier alpha value is -1.61. The highest BCUT2D eigenvalue weighted by molar-refractivity contribution is 7.85. The van der Waals surface area contributed by atoms with Crippen LogP contribution in [0, 0.1) is 0 Å². The Kier molecular flexibility index (Phi) is 34.7. The molecule has 0 aliphatic carbocycles. The van der Waals surface area contributed by atoms with Crippen LogP contribution in [0.25, 0.3) is 0 Å². The summed E-state index contributed by atoms with van der Waals surface area (Å²) < 4.78 is 54.1. The van der Waals surface area contributed by atoms with Crippen molar-refractivity contribution < 1.29 is 56.8 Å². The van der Waals surface area contributed by atoms with Crippen LogP contribution in [0.5, 0.6) is 0 Å². The van der Waals surface area contributed by atoms with E-state index in [9.17, 15) is 37.9 Å². The van der Waals surface area contributed by atoms with Crippen molar-refractivity contribution in [3.05, 3.63) is 12.2 Å². The summed E-state index contributed by atoms with van der Waals surface area (Å²) in [7, 11) is -4.60. The number of hydrogen-bond acceptors (Lipinski definition) is 11. The van der Waals surface area contributed by atoms with E-state index in [0.717, 1.165) is 57.8 Å². The van der Waals surface area contributed by atoms with Gasteiger partial charge in [0, 0.05) is 12.8 Å². The van der Waals surface area contributed by atoms with Gasteiger partial charge >= 0.3 is 11.9 Å². The molecule has 13 heteroatoms. The second-order valence-electron chi connectivity index (χ2n) is 16.8. The third-order valence-corrected chi connectivity index (χ3v) is 11.8. The molecule has 0 spiro atoms. The smallest absolute Gasteiger partial charge is 0.306 e. The molecule has 59 heavy (non-hydrogen) atoms. The topological polar surface area (TPSA) is 186 Å². The number of hydrogen-bond donors (Lipinski definition) is 4. The lowest BCUT2D eigenvalue weighted by molar-refractivity contribution is -0.297. The Morgan fingerprint density at radius 1 is 0.559 bits per heavy atom. The Balaban J connectivity index is 2.42. The van der Waals surface area contributed by atoms with Crippen molar-refractivity contribution in [1.82, 2.24) is 0 Å². The average Bonchev–Trinajstić information content (AvgIpc) is 3.20. The average molecular weight is 863 g/mol. The molecule has 0 saturated carbocycles. The second kappa shape index (κ2) is 37.0. The number of allylic oxidation sites excluding steroid dienone is 2. The molecular formula is C46H86O12S. The van der Waals surface area contributed by atoms with E-state index in [1.807, 2.05) is 0 Å². The van der Waals surface area contributed by atoms with E-state index in [2.05, 4.69) is 26.0 Å². The van der Waals surface area contributed by atoms with Crippen molar-refractivity contribution in [1.29, 1.82) is 0 Å². The van der Waals surface area contributed by atoms with Crippen LogP contribution in [0.4, 0.5) is 0 Å². The van der Waals surface area contributed by atoms with Gasteiger partial charge in [-0.2, -0.15) is 8.42 Å². The zero-order valence-electron chi connectivity index (χ0n) is 37.1. The monoisotopic (exact) mass is 863 g/mol. The van der Waals surface area contributed by atoms with Gasteiger partial charge in [-0.05, 0) is 38.5 Å². The van der Waals surface area contributed by atoms with Gasteiger partial charge < -0.3 is 34.3 Å². The maximum absolute atomic E-state index is 12.8. The van der Waals surface area contributed by atoms with Crippen LogP contribution in [0.1, 0.15) is 213 Å². The summed E-state index contributed by atoms with van der Waals surface area (Å²) >= 11 is 0. The molecule has 348 valence electrons. The van der Waals surface area contributed by atoms with Crippen LogP contribution < -0.4 is 0 Å². The summed E-state index contributed by atoms with van der Waals surface area (Å²) in [6, 6.07) is 0. The molecule has 0 aromatic carbocycles. The number of aliphatic hydroxyl groups excluding tert-OH is 3. The summed E-state index contributed by atoms with van der Waals surface area (Å²) in [6.45, 7) is 3.77. The van der Waals surface area contributed by atoms with Crippen LogP contribution in [0.15, 0.2) is 12.2 Å². The molecule has 2 unspecified atom stereocenters. The number of carbonyl (C=O) groups is 2. The molecule has 1 heterocycles. The fraction of sp³-hybridized carbons (Fsp3) is 0.913. The first-order valence-corrected chi connectivity index (χ1v) is 25.4. The fourth-order valence-electron chi connectivity index (χ4n) is 7.38. The first-order valence-electron chi connectivity index (χ1n) is 23.7. The summed E-state index contributed by atoms with van der Waals surface area (Å²) in [5.74, 6) is -1.98. The number of aliphatic hydroxyl groups is 3. The molecule has 12 nitrogen and oxygen atoms in total. The van der Waals surface area contributed by atoms with E-state index in [1.54, 1.807) is 0 Å². The lowest BCUT2D eigenvalue weighted by Gasteiger charge is -2.40. The molecule has 1 aliphatic rings. The molecule has 0 amide bonds. The summed E-state index contributed by atoms with van der Waals surface area (Å²) in [6.07, 6.45) is 29.7. The maximum Gasteiger partial charge on any atom is 0.306 e. The molecule has 1 aliphatic heterocycles. The van der Waals surface area contributed by atoms with Crippen molar-refractivity contribution >= 4 is 22.1 Å². The first kappa shape index (κ1) is 55.4. The van der Waals surface area contributed by atoms with Gasteiger partial charge in [-0.1, -0.05) is 174 Å². The van der Waals surface area contributed by atoms with Crippen LogP contribution in [0.3, 0.4) is 0 Å². The van der Waals surface area contributed by atoms with Gasteiger partial charge in [-0.25, -0.2) is 0 Å². The third-order valence-electron chi connectivity index (χ3n) is 11.1. The highest BCUT2D eigenvalue weighted by Crippen LogP contribution is 2.24. The Labute approximate surface area is 358 Å². The van der Waals surface area contributed by atoms with Crippen molar-refractivity contribution in [3.8, 4) is 0 Å². The standard InChI is InChI=1S/C46H86O12S/c1-3-5-7-9-11-13-15-17-19-21-22-24-26-28-30-32-34-41(47)55-36-39(37-56-46-45(51)44(50)43(49)40(58-46)38-59(52,53)54)57-42(48)35-33-31-29-27-25-23-20-18-16-14-12-10-8-6-4-2/h18,20,39-40,43-46,49-51H,3-17,19,21-38H2,1-2H3,(H,52,53,54)/b20-18+/t39-,40-,43-,44?,45?,46+/m1/s1. The molecule has 1 rings (SSSR count). The van der Waals surface area contributed by atoms with Crippen LogP contribution in [-0.2, 0) is 38.7 Å². The number of unbranched alkanes of at least 4 members (excludes halogenated alkanes) is 26. The maximum atomic E-state index is 12.8. The fourth-order valence-corrected chi connectivity index (χ4v) is 8.07. The quantitative estimate of drug-likeness (QED) is 0.0198. The number of ether oxygens (including phenoxy) is 4. The molecule has 0 aromatic rings. The largest absolute Gasteiger partial charge is 0.462 e. The number of rotatable bonds is 40. The van der Waals surface area contributed by atoms with Gasteiger partial charge in [0.15, 0.2) is 12.4 Å². The minimum Gasteiger partial charge on any atom is -0.462 e. The highest BCUT2D eigenvalue weighted by Gasteiger charge is 2.46. The Morgan fingerprint density at radius 3 is 1.41 bits per heavy atom. The van der Waals surface area contributed by atoms with Crippen LogP contribution in [0.2, 0.25) is 0 Å². The van der Waals surface area contributed by atoms with E-state index in [1.165, 1.54) is 116 Å². The molecule has 0 aromatic heterocycles.